The number of halogens is 1. The number of amides is 1. The van der Waals surface area contributed by atoms with Gasteiger partial charge in [0.1, 0.15) is 11.6 Å². The topological polar surface area (TPSA) is 75.2 Å². The van der Waals surface area contributed by atoms with E-state index in [2.05, 4.69) is 15.5 Å². The maximum Gasteiger partial charge on any atom is 0.220 e. The maximum atomic E-state index is 14.0. The zero-order valence-electron chi connectivity index (χ0n) is 16.2. The molecule has 3 aliphatic rings. The number of fused-ring (bicyclic) bond motifs is 1. The van der Waals surface area contributed by atoms with Gasteiger partial charge < -0.3 is 25.0 Å². The Morgan fingerprint density at radius 3 is 3.14 bits per heavy atom. The van der Waals surface area contributed by atoms with Crippen molar-refractivity contribution in [2.45, 2.75) is 39.3 Å². The van der Waals surface area contributed by atoms with Crippen LogP contribution in [-0.4, -0.2) is 49.7 Å². The van der Waals surface area contributed by atoms with Crippen LogP contribution < -0.4 is 15.4 Å². The van der Waals surface area contributed by atoms with Crippen LogP contribution in [0.2, 0.25) is 0 Å². The first-order valence-electron chi connectivity index (χ1n) is 9.90. The quantitative estimate of drug-likeness (QED) is 0.608. The SMILES string of the molecule is CCNC(=NCc1cc(F)cc2c1OCOC2)N1CCCC2(CNC(=O)C2)C1. The van der Waals surface area contributed by atoms with E-state index < -0.39 is 0 Å². The van der Waals surface area contributed by atoms with Crippen LogP contribution in [-0.2, 0) is 22.7 Å². The number of likely N-dealkylation sites (tertiary alicyclic amines) is 1. The Morgan fingerprint density at radius 1 is 1.46 bits per heavy atom. The summed E-state index contributed by atoms with van der Waals surface area (Å²) in [5.41, 5.74) is 1.43. The van der Waals surface area contributed by atoms with Gasteiger partial charge in [0.25, 0.3) is 0 Å². The zero-order chi connectivity index (χ0) is 19.6. The summed E-state index contributed by atoms with van der Waals surface area (Å²) in [5.74, 6) is 1.30. The van der Waals surface area contributed by atoms with Crippen molar-refractivity contribution in [3.63, 3.8) is 0 Å². The average Bonchev–Trinajstić information content (AvgIpc) is 3.04. The molecule has 0 radical (unpaired) electrons. The van der Waals surface area contributed by atoms with Gasteiger partial charge in [-0.1, -0.05) is 0 Å². The fourth-order valence-corrected chi connectivity index (χ4v) is 4.39. The summed E-state index contributed by atoms with van der Waals surface area (Å²) in [5, 5.41) is 6.32. The van der Waals surface area contributed by atoms with Gasteiger partial charge in [0.15, 0.2) is 12.8 Å². The molecule has 1 spiro atoms. The second kappa shape index (κ2) is 7.95. The lowest BCUT2D eigenvalue weighted by Gasteiger charge is -2.40. The number of carbonyl (C=O) groups is 1. The molecule has 1 aromatic carbocycles. The number of hydrogen-bond acceptors (Lipinski definition) is 4. The molecule has 2 N–H and O–H groups in total. The number of aliphatic imine (C=N–C) groups is 1. The van der Waals surface area contributed by atoms with Gasteiger partial charge in [-0.05, 0) is 31.9 Å². The van der Waals surface area contributed by atoms with Gasteiger partial charge in [0.2, 0.25) is 5.91 Å². The lowest BCUT2D eigenvalue weighted by Crippen LogP contribution is -2.51. The molecule has 8 heteroatoms. The maximum absolute atomic E-state index is 14.0. The fourth-order valence-electron chi connectivity index (χ4n) is 4.39. The van der Waals surface area contributed by atoms with Crippen molar-refractivity contribution in [2.75, 3.05) is 33.0 Å². The number of hydrogen-bond donors (Lipinski definition) is 2. The van der Waals surface area contributed by atoms with Crippen molar-refractivity contribution in [1.29, 1.82) is 0 Å². The van der Waals surface area contributed by atoms with Gasteiger partial charge in [-0.3, -0.25) is 4.79 Å². The molecule has 152 valence electrons. The number of ether oxygens (including phenoxy) is 2. The third kappa shape index (κ3) is 3.92. The number of rotatable bonds is 3. The summed E-state index contributed by atoms with van der Waals surface area (Å²) in [7, 11) is 0. The highest BCUT2D eigenvalue weighted by atomic mass is 19.1. The van der Waals surface area contributed by atoms with Gasteiger partial charge in [-0.2, -0.15) is 0 Å². The van der Waals surface area contributed by atoms with Crippen molar-refractivity contribution in [1.82, 2.24) is 15.5 Å². The largest absolute Gasteiger partial charge is 0.467 e. The van der Waals surface area contributed by atoms with Crippen LogP contribution in [0, 0.1) is 11.2 Å². The van der Waals surface area contributed by atoms with Crippen LogP contribution in [0.1, 0.15) is 37.3 Å². The zero-order valence-corrected chi connectivity index (χ0v) is 16.2. The van der Waals surface area contributed by atoms with Crippen molar-refractivity contribution >= 4 is 11.9 Å². The van der Waals surface area contributed by atoms with Crippen molar-refractivity contribution in [3.05, 3.63) is 29.1 Å². The molecule has 3 heterocycles. The number of nitrogens with zero attached hydrogens (tertiary/aromatic N) is 2. The number of benzene rings is 1. The van der Waals surface area contributed by atoms with Crippen LogP contribution in [0.25, 0.3) is 0 Å². The van der Waals surface area contributed by atoms with E-state index in [1.807, 2.05) is 6.92 Å². The number of piperidine rings is 1. The highest BCUT2D eigenvalue weighted by molar-refractivity contribution is 5.81. The standard InChI is InChI=1S/C20H27FN4O3/c1-2-22-19(25-5-3-4-20(12-25)8-17(26)24-11-20)23-9-14-6-16(21)7-15-10-27-13-28-18(14)15/h6-7H,2-5,8-13H2,1H3,(H,22,23)(H,24,26). The molecule has 1 unspecified atom stereocenters. The van der Waals surface area contributed by atoms with Gasteiger partial charge in [-0.15, -0.1) is 0 Å². The highest BCUT2D eigenvalue weighted by Crippen LogP contribution is 2.36. The van der Waals surface area contributed by atoms with Gasteiger partial charge >= 0.3 is 0 Å². The lowest BCUT2D eigenvalue weighted by atomic mass is 9.79. The van der Waals surface area contributed by atoms with Gasteiger partial charge in [0, 0.05) is 49.1 Å². The average molecular weight is 390 g/mol. The van der Waals surface area contributed by atoms with E-state index in [1.165, 1.54) is 12.1 Å². The molecule has 7 nitrogen and oxygen atoms in total. The van der Waals surface area contributed by atoms with E-state index in [9.17, 15) is 9.18 Å². The predicted molar refractivity (Wildman–Crippen MR) is 102 cm³/mol. The number of nitrogens with one attached hydrogen (secondary N) is 2. The molecule has 2 saturated heterocycles. The van der Waals surface area contributed by atoms with Gasteiger partial charge in [0.05, 0.1) is 13.2 Å². The molecule has 0 aromatic heterocycles. The van der Waals surface area contributed by atoms with E-state index in [0.29, 0.717) is 30.9 Å². The number of carbonyl (C=O) groups excluding carboxylic acids is 1. The minimum atomic E-state index is -0.310. The van der Waals surface area contributed by atoms with Crippen molar-refractivity contribution in [2.24, 2.45) is 10.4 Å². The lowest BCUT2D eigenvalue weighted by molar-refractivity contribution is -0.119. The molecule has 4 rings (SSSR count). The molecule has 2 fully saturated rings. The Hall–Kier alpha value is -2.35. The Bertz CT molecular complexity index is 785. The molecule has 0 bridgehead atoms. The highest BCUT2D eigenvalue weighted by Gasteiger charge is 2.42. The van der Waals surface area contributed by atoms with E-state index in [-0.39, 0.29) is 23.9 Å². The van der Waals surface area contributed by atoms with E-state index in [4.69, 9.17) is 14.5 Å². The number of guanidine groups is 1. The first-order chi connectivity index (χ1) is 13.6. The molecule has 1 amide bonds. The third-order valence-electron chi connectivity index (χ3n) is 5.64. The molecule has 0 aliphatic carbocycles. The summed E-state index contributed by atoms with van der Waals surface area (Å²) in [6.45, 7) is 6.03. The Morgan fingerprint density at radius 2 is 2.36 bits per heavy atom. The fraction of sp³-hybridized carbons (Fsp3) is 0.600. The normalized spacial score (nSPS) is 24.7. The molecule has 28 heavy (non-hydrogen) atoms. The predicted octanol–water partition coefficient (Wildman–Crippen LogP) is 1.76. The summed E-state index contributed by atoms with van der Waals surface area (Å²) < 4.78 is 24.8. The molecular weight excluding hydrogens is 363 g/mol. The summed E-state index contributed by atoms with van der Waals surface area (Å²) in [6.07, 6.45) is 2.65. The second-order valence-electron chi connectivity index (χ2n) is 7.81. The van der Waals surface area contributed by atoms with Crippen molar-refractivity contribution < 1.29 is 18.7 Å². The monoisotopic (exact) mass is 390 g/mol. The summed E-state index contributed by atoms with van der Waals surface area (Å²) in [6, 6.07) is 2.93. The Balaban J connectivity index is 1.54. The van der Waals surface area contributed by atoms with Crippen LogP contribution in [0.5, 0.6) is 5.75 Å². The minimum absolute atomic E-state index is 0.00993. The second-order valence-corrected chi connectivity index (χ2v) is 7.81. The molecule has 3 aliphatic heterocycles. The minimum Gasteiger partial charge on any atom is -0.467 e. The van der Waals surface area contributed by atoms with Crippen LogP contribution >= 0.6 is 0 Å². The molecule has 1 atom stereocenters. The smallest absolute Gasteiger partial charge is 0.220 e. The van der Waals surface area contributed by atoms with Crippen LogP contribution in [0.4, 0.5) is 4.39 Å². The Kier molecular flexibility index (Phi) is 5.39. The summed E-state index contributed by atoms with van der Waals surface area (Å²) >= 11 is 0. The molecular formula is C20H27FN4O3. The molecule has 1 aromatic rings. The first-order valence-corrected chi connectivity index (χ1v) is 9.90. The van der Waals surface area contributed by atoms with Crippen molar-refractivity contribution in [3.8, 4) is 5.75 Å². The third-order valence-corrected chi connectivity index (χ3v) is 5.64. The van der Waals surface area contributed by atoms with Crippen LogP contribution in [0.3, 0.4) is 0 Å². The summed E-state index contributed by atoms with van der Waals surface area (Å²) in [4.78, 5) is 18.8. The Labute approximate surface area is 164 Å². The van der Waals surface area contributed by atoms with E-state index in [0.717, 1.165) is 50.5 Å². The first kappa shape index (κ1) is 19.0. The molecule has 0 saturated carbocycles. The van der Waals surface area contributed by atoms with Gasteiger partial charge in [-0.25, -0.2) is 9.38 Å². The van der Waals surface area contributed by atoms with E-state index in [1.54, 1.807) is 0 Å². The van der Waals surface area contributed by atoms with Crippen LogP contribution in [0.15, 0.2) is 17.1 Å². The van der Waals surface area contributed by atoms with E-state index >= 15 is 0 Å².